The van der Waals surface area contributed by atoms with Gasteiger partial charge in [-0.1, -0.05) is 12.1 Å². The molecule has 1 aromatic carbocycles. The Kier molecular flexibility index (Phi) is 5.34. The molecule has 0 bridgehead atoms. The zero-order valence-electron chi connectivity index (χ0n) is 9.81. The van der Waals surface area contributed by atoms with E-state index in [2.05, 4.69) is 0 Å². The average molecular weight is 298 g/mol. The van der Waals surface area contributed by atoms with Crippen molar-refractivity contribution in [2.45, 2.75) is 17.6 Å². The molecule has 0 atom stereocenters. The van der Waals surface area contributed by atoms with E-state index in [1.165, 1.54) is 18.2 Å². The Morgan fingerprint density at radius 3 is 2.44 bits per heavy atom. The average Bonchev–Trinajstić information content (AvgIpc) is 2.35. The van der Waals surface area contributed by atoms with Crippen molar-refractivity contribution in [3.05, 3.63) is 24.3 Å². The van der Waals surface area contributed by atoms with Crippen LogP contribution in [-0.4, -0.2) is 33.1 Å². The van der Waals surface area contributed by atoms with E-state index in [0.717, 1.165) is 0 Å². The molecule has 7 heteroatoms. The first-order valence-electron chi connectivity index (χ1n) is 5.37. The van der Waals surface area contributed by atoms with E-state index in [4.69, 9.17) is 11.6 Å². The minimum atomic E-state index is -4.60. The molecule has 0 aromatic heterocycles. The number of halogens is 3. The summed E-state index contributed by atoms with van der Waals surface area (Å²) >= 11 is 5.61. The fourth-order valence-electron chi connectivity index (χ4n) is 1.61. The van der Waals surface area contributed by atoms with E-state index in [-0.39, 0.29) is 16.5 Å². The first-order valence-corrected chi connectivity index (χ1v) is 7.45. The zero-order valence-corrected chi connectivity index (χ0v) is 11.4. The van der Waals surface area contributed by atoms with Gasteiger partial charge in [-0.2, -0.15) is 8.78 Å². The molecule has 102 valence electrons. The number of benzene rings is 1. The Morgan fingerprint density at radius 1 is 1.33 bits per heavy atom. The lowest BCUT2D eigenvalue weighted by Gasteiger charge is -2.24. The Morgan fingerprint density at radius 2 is 1.94 bits per heavy atom. The monoisotopic (exact) mass is 297 g/mol. The quantitative estimate of drug-likeness (QED) is 0.758. The second-order valence-electron chi connectivity index (χ2n) is 3.54. The van der Waals surface area contributed by atoms with Gasteiger partial charge in [0.2, 0.25) is 9.84 Å². The van der Waals surface area contributed by atoms with Crippen LogP contribution in [0.2, 0.25) is 0 Å². The molecule has 0 amide bonds. The van der Waals surface area contributed by atoms with Gasteiger partial charge in [-0.05, 0) is 19.1 Å². The largest absolute Gasteiger partial charge is 0.370 e. The molecule has 1 rings (SSSR count). The van der Waals surface area contributed by atoms with Crippen LogP contribution in [0, 0.1) is 0 Å². The first kappa shape index (κ1) is 15.2. The molecule has 0 heterocycles. The smallest absolute Gasteiger partial charge is 0.341 e. The van der Waals surface area contributed by atoms with Crippen molar-refractivity contribution in [2.75, 3.05) is 23.9 Å². The first-order chi connectivity index (χ1) is 8.45. The topological polar surface area (TPSA) is 37.4 Å². The maximum atomic E-state index is 12.6. The third-order valence-electron chi connectivity index (χ3n) is 2.48. The van der Waals surface area contributed by atoms with Crippen LogP contribution < -0.4 is 4.90 Å². The molecule has 0 radical (unpaired) electrons. The van der Waals surface area contributed by atoms with Crippen LogP contribution >= 0.6 is 11.6 Å². The molecule has 0 fully saturated rings. The molecule has 0 aliphatic carbocycles. The van der Waals surface area contributed by atoms with Gasteiger partial charge >= 0.3 is 5.76 Å². The summed E-state index contributed by atoms with van der Waals surface area (Å²) in [6.07, 6.45) is 0. The number of alkyl halides is 3. The fraction of sp³-hybridized carbons (Fsp3) is 0.455. The predicted molar refractivity (Wildman–Crippen MR) is 68.2 cm³/mol. The summed E-state index contributed by atoms with van der Waals surface area (Å²) in [6.45, 7) is 2.69. The summed E-state index contributed by atoms with van der Waals surface area (Å²) in [7, 11) is -4.60. The number of sulfone groups is 1. The molecule has 0 saturated heterocycles. The lowest BCUT2D eigenvalue weighted by molar-refractivity contribution is 0.235. The van der Waals surface area contributed by atoms with Gasteiger partial charge in [0.1, 0.15) is 0 Å². The number of hydrogen-bond donors (Lipinski definition) is 0. The lowest BCUT2D eigenvalue weighted by atomic mass is 10.3. The normalized spacial score (nSPS) is 11.8. The van der Waals surface area contributed by atoms with Gasteiger partial charge in [-0.15, -0.1) is 11.6 Å². The van der Waals surface area contributed by atoms with Crippen molar-refractivity contribution in [2.24, 2.45) is 0 Å². The fourth-order valence-corrected chi connectivity index (χ4v) is 2.76. The summed E-state index contributed by atoms with van der Waals surface area (Å²) < 4.78 is 48.3. The zero-order chi connectivity index (χ0) is 13.8. The molecule has 0 N–H and O–H groups in total. The molecular weight excluding hydrogens is 284 g/mol. The highest BCUT2D eigenvalue weighted by atomic mass is 35.5. The maximum Gasteiger partial charge on any atom is 0.341 e. The van der Waals surface area contributed by atoms with Crippen LogP contribution in [0.25, 0.3) is 0 Å². The Balaban J connectivity index is 3.30. The van der Waals surface area contributed by atoms with E-state index in [1.54, 1.807) is 17.9 Å². The second-order valence-corrected chi connectivity index (χ2v) is 5.81. The molecule has 0 spiro atoms. The maximum absolute atomic E-state index is 12.6. The molecule has 1 aromatic rings. The third-order valence-corrected chi connectivity index (χ3v) is 4.08. The van der Waals surface area contributed by atoms with Crippen LogP contribution in [0.5, 0.6) is 0 Å². The van der Waals surface area contributed by atoms with Gasteiger partial charge in [-0.25, -0.2) is 8.42 Å². The summed E-state index contributed by atoms with van der Waals surface area (Å²) in [4.78, 5) is 1.30. The third kappa shape index (κ3) is 3.11. The van der Waals surface area contributed by atoms with Crippen molar-refractivity contribution < 1.29 is 17.2 Å². The second kappa shape index (κ2) is 6.33. The van der Waals surface area contributed by atoms with Crippen LogP contribution in [-0.2, 0) is 9.84 Å². The number of anilines is 1. The van der Waals surface area contributed by atoms with Crippen LogP contribution in [0.1, 0.15) is 6.92 Å². The lowest BCUT2D eigenvalue weighted by Crippen LogP contribution is -2.27. The van der Waals surface area contributed by atoms with Crippen molar-refractivity contribution in [3.63, 3.8) is 0 Å². The van der Waals surface area contributed by atoms with Gasteiger partial charge < -0.3 is 4.90 Å². The summed E-state index contributed by atoms with van der Waals surface area (Å²) in [6, 6.07) is 5.73. The Labute approximate surface area is 110 Å². The Hall–Kier alpha value is -0.880. The van der Waals surface area contributed by atoms with Gasteiger partial charge in [-0.3, -0.25) is 0 Å². The van der Waals surface area contributed by atoms with E-state index < -0.39 is 15.6 Å². The van der Waals surface area contributed by atoms with Crippen LogP contribution in [0.3, 0.4) is 0 Å². The highest BCUT2D eigenvalue weighted by Gasteiger charge is 2.30. The highest BCUT2D eigenvalue weighted by Crippen LogP contribution is 2.28. The van der Waals surface area contributed by atoms with E-state index >= 15 is 0 Å². The number of hydrogen-bond acceptors (Lipinski definition) is 3. The van der Waals surface area contributed by atoms with Crippen LogP contribution in [0.4, 0.5) is 14.5 Å². The van der Waals surface area contributed by atoms with Gasteiger partial charge in [0.05, 0.1) is 10.6 Å². The highest BCUT2D eigenvalue weighted by molar-refractivity contribution is 7.91. The van der Waals surface area contributed by atoms with Gasteiger partial charge in [0.15, 0.2) is 0 Å². The van der Waals surface area contributed by atoms with Crippen LogP contribution in [0.15, 0.2) is 29.2 Å². The standard InChI is InChI=1S/C11H14ClF2NO2S/c1-2-15(8-7-12)9-5-3-4-6-10(9)18(16,17)11(13)14/h3-6,11H,2,7-8H2,1H3. The van der Waals surface area contributed by atoms with E-state index in [0.29, 0.717) is 13.1 Å². The predicted octanol–water partition coefficient (Wildman–Crippen LogP) is 2.75. The van der Waals surface area contributed by atoms with Gasteiger partial charge in [0.25, 0.3) is 0 Å². The number of para-hydroxylation sites is 1. The van der Waals surface area contributed by atoms with Crippen molar-refractivity contribution in [1.29, 1.82) is 0 Å². The van der Waals surface area contributed by atoms with E-state index in [1.807, 2.05) is 0 Å². The molecular formula is C11H14ClF2NO2S. The van der Waals surface area contributed by atoms with Crippen molar-refractivity contribution in [3.8, 4) is 0 Å². The minimum absolute atomic E-state index is 0.265. The Bertz CT molecular complexity index is 494. The summed E-state index contributed by atoms with van der Waals surface area (Å²) in [5, 5.41) is 0. The molecule has 3 nitrogen and oxygen atoms in total. The minimum Gasteiger partial charge on any atom is -0.370 e. The molecule has 0 unspecified atom stereocenters. The number of rotatable bonds is 6. The molecule has 0 aliphatic heterocycles. The summed E-state index contributed by atoms with van der Waals surface area (Å²) in [5.74, 6) is -3.13. The molecule has 0 saturated carbocycles. The van der Waals surface area contributed by atoms with Crippen molar-refractivity contribution in [1.82, 2.24) is 0 Å². The number of nitrogens with zero attached hydrogens (tertiary/aromatic N) is 1. The molecule has 18 heavy (non-hydrogen) atoms. The SMILES string of the molecule is CCN(CCCl)c1ccccc1S(=O)(=O)C(F)F. The van der Waals surface area contributed by atoms with E-state index in [9.17, 15) is 17.2 Å². The molecule has 0 aliphatic rings. The van der Waals surface area contributed by atoms with Crippen molar-refractivity contribution >= 4 is 27.1 Å². The summed E-state index contributed by atoms with van der Waals surface area (Å²) in [5.41, 5.74) is 0.265. The van der Waals surface area contributed by atoms with Gasteiger partial charge in [0, 0.05) is 19.0 Å².